The topological polar surface area (TPSA) is 13.1 Å². The van der Waals surface area contributed by atoms with Gasteiger partial charge in [-0.25, -0.2) is 0 Å². The van der Waals surface area contributed by atoms with Gasteiger partial charge in [0, 0.05) is 5.56 Å². The first-order chi connectivity index (χ1) is 4.11. The molecule has 1 rings (SSSR count). The molecule has 0 saturated heterocycles. The summed E-state index contributed by atoms with van der Waals surface area (Å²) in [5, 5.41) is 0. The van der Waals surface area contributed by atoms with Crippen molar-refractivity contribution in [3.63, 3.8) is 0 Å². The number of hydrogen-bond acceptors (Lipinski definition) is 1. The number of rotatable bonds is 0. The van der Waals surface area contributed by atoms with Crippen molar-refractivity contribution in [3.05, 3.63) is 24.2 Å². The number of hydrogen-bond donors (Lipinski definition) is 0. The second-order valence-electron chi connectivity index (χ2n) is 3.19. The molecule has 0 unspecified atom stereocenters. The summed E-state index contributed by atoms with van der Waals surface area (Å²) in [6, 6.07) is 1.94. The minimum atomic E-state index is 0.174. The van der Waals surface area contributed by atoms with Gasteiger partial charge in [-0.2, -0.15) is 0 Å². The van der Waals surface area contributed by atoms with Gasteiger partial charge in [-0.15, -0.1) is 0 Å². The predicted molar refractivity (Wildman–Crippen MR) is 36.2 cm³/mol. The van der Waals surface area contributed by atoms with Gasteiger partial charge in [0.05, 0.1) is 6.26 Å². The average molecular weight is 123 g/mol. The molecule has 1 nitrogen and oxygen atoms in total. The third kappa shape index (κ3) is 1.35. The molecule has 1 heteroatoms. The van der Waals surface area contributed by atoms with Crippen molar-refractivity contribution in [2.75, 3.05) is 0 Å². The van der Waals surface area contributed by atoms with Crippen LogP contribution in [0.4, 0.5) is 0 Å². The van der Waals surface area contributed by atoms with Crippen molar-refractivity contribution in [2.24, 2.45) is 0 Å². The second-order valence-corrected chi connectivity index (χ2v) is 3.19. The summed E-state index contributed by atoms with van der Waals surface area (Å²) in [6.45, 7) is 6.40. The third-order valence-corrected chi connectivity index (χ3v) is 1.28. The van der Waals surface area contributed by atoms with E-state index in [4.69, 9.17) is 4.42 Å². The molecular weight excluding hydrogens is 112 g/mol. The summed E-state index contributed by atoms with van der Waals surface area (Å²) in [6.07, 6.45) is 4.46. The van der Waals surface area contributed by atoms with Crippen LogP contribution in [-0.4, -0.2) is 0 Å². The highest BCUT2D eigenvalue weighted by molar-refractivity contribution is 5.14. The zero-order valence-corrected chi connectivity index (χ0v) is 6.06. The molecule has 0 amide bonds. The van der Waals surface area contributed by atoms with Crippen LogP contribution in [0.25, 0.3) is 0 Å². The summed E-state index contributed by atoms with van der Waals surface area (Å²) in [5.41, 5.74) is 1.30. The Morgan fingerprint density at radius 2 is 2.11 bits per heavy atom. The van der Waals surface area contributed by atoms with E-state index in [0.29, 0.717) is 0 Å². The van der Waals surface area contributed by atoms with E-state index in [-0.39, 0.29) is 5.41 Å². The van der Waals surface area contributed by atoms with Crippen molar-refractivity contribution in [2.45, 2.75) is 26.2 Å². The summed E-state index contributed by atoms with van der Waals surface area (Å²) < 4.78 is 4.82. The molecule has 0 atom stereocenters. The molecule has 49 valence electrons. The Morgan fingerprint density at radius 1 is 1.44 bits per heavy atom. The van der Waals surface area contributed by atoms with Crippen molar-refractivity contribution in [1.29, 1.82) is 0 Å². The predicted octanol–water partition coefficient (Wildman–Crippen LogP) is 2.38. The SMILES string of the molecule is CC(C)(C)c1[c]occ1. The minimum Gasteiger partial charge on any atom is -0.461 e. The first-order valence-corrected chi connectivity index (χ1v) is 3.06. The molecule has 0 spiro atoms. The van der Waals surface area contributed by atoms with E-state index in [1.807, 2.05) is 6.07 Å². The molecule has 1 aromatic rings. The lowest BCUT2D eigenvalue weighted by molar-refractivity contribution is 0.528. The Balaban J connectivity index is 2.90. The maximum absolute atomic E-state index is 4.82. The van der Waals surface area contributed by atoms with Crippen LogP contribution in [0.3, 0.4) is 0 Å². The van der Waals surface area contributed by atoms with Crippen LogP contribution in [-0.2, 0) is 5.41 Å². The summed E-state index contributed by atoms with van der Waals surface area (Å²) in [4.78, 5) is 0. The average Bonchev–Trinajstić information content (AvgIpc) is 2.08. The smallest absolute Gasteiger partial charge is 0.173 e. The van der Waals surface area contributed by atoms with Crippen LogP contribution in [0.2, 0.25) is 0 Å². The van der Waals surface area contributed by atoms with E-state index >= 15 is 0 Å². The van der Waals surface area contributed by atoms with Crippen LogP contribution < -0.4 is 0 Å². The first kappa shape index (κ1) is 6.40. The van der Waals surface area contributed by atoms with Gasteiger partial charge in [0.2, 0.25) is 0 Å². The molecule has 1 radical (unpaired) electrons. The van der Waals surface area contributed by atoms with Gasteiger partial charge in [0.15, 0.2) is 6.26 Å². The Morgan fingerprint density at radius 3 is 2.33 bits per heavy atom. The molecule has 0 aliphatic rings. The van der Waals surface area contributed by atoms with Gasteiger partial charge < -0.3 is 4.42 Å². The van der Waals surface area contributed by atoms with Crippen molar-refractivity contribution in [1.82, 2.24) is 0 Å². The lowest BCUT2D eigenvalue weighted by atomic mass is 9.89. The Hall–Kier alpha value is -0.720. The molecule has 0 aliphatic heterocycles. The van der Waals surface area contributed by atoms with E-state index in [0.717, 1.165) is 5.56 Å². The normalized spacial score (nSPS) is 11.9. The van der Waals surface area contributed by atoms with E-state index in [1.54, 1.807) is 6.26 Å². The van der Waals surface area contributed by atoms with E-state index in [2.05, 4.69) is 27.0 Å². The third-order valence-electron chi connectivity index (χ3n) is 1.28. The minimum absolute atomic E-state index is 0.174. The highest BCUT2D eigenvalue weighted by Crippen LogP contribution is 2.20. The first-order valence-electron chi connectivity index (χ1n) is 3.06. The van der Waals surface area contributed by atoms with Gasteiger partial charge in [-0.1, -0.05) is 20.8 Å². The van der Waals surface area contributed by atoms with Crippen LogP contribution in [0.15, 0.2) is 16.7 Å². The van der Waals surface area contributed by atoms with E-state index < -0.39 is 0 Å². The molecule has 0 N–H and O–H groups in total. The Labute approximate surface area is 55.7 Å². The zero-order chi connectivity index (χ0) is 6.91. The molecule has 0 saturated carbocycles. The molecular formula is C8H11O. The van der Waals surface area contributed by atoms with Crippen LogP contribution in [0.1, 0.15) is 26.3 Å². The van der Waals surface area contributed by atoms with Crippen molar-refractivity contribution >= 4 is 0 Å². The van der Waals surface area contributed by atoms with E-state index in [1.165, 1.54) is 0 Å². The van der Waals surface area contributed by atoms with Crippen molar-refractivity contribution in [3.8, 4) is 0 Å². The molecule has 9 heavy (non-hydrogen) atoms. The van der Waals surface area contributed by atoms with Crippen LogP contribution >= 0.6 is 0 Å². The molecule has 0 aromatic carbocycles. The van der Waals surface area contributed by atoms with Crippen LogP contribution in [0, 0.1) is 6.26 Å². The lowest BCUT2D eigenvalue weighted by Gasteiger charge is -2.13. The highest BCUT2D eigenvalue weighted by atomic mass is 16.3. The number of furan rings is 1. The van der Waals surface area contributed by atoms with Gasteiger partial charge in [-0.3, -0.25) is 0 Å². The highest BCUT2D eigenvalue weighted by Gasteiger charge is 2.14. The standard InChI is InChI=1S/C8H11O/c1-8(2,3)7-4-5-9-6-7/h4-5H,1-3H3. The summed E-state index contributed by atoms with van der Waals surface area (Å²) in [7, 11) is 0. The van der Waals surface area contributed by atoms with Crippen LogP contribution in [0.5, 0.6) is 0 Å². The maximum atomic E-state index is 4.82. The second kappa shape index (κ2) is 1.90. The fourth-order valence-corrected chi connectivity index (χ4v) is 0.637. The van der Waals surface area contributed by atoms with E-state index in [9.17, 15) is 0 Å². The molecule has 1 aromatic heterocycles. The van der Waals surface area contributed by atoms with Gasteiger partial charge in [0.25, 0.3) is 0 Å². The quantitative estimate of drug-likeness (QED) is 0.516. The molecule has 0 aliphatic carbocycles. The summed E-state index contributed by atoms with van der Waals surface area (Å²) in [5.74, 6) is 0. The van der Waals surface area contributed by atoms with Gasteiger partial charge >= 0.3 is 0 Å². The molecule has 1 heterocycles. The maximum Gasteiger partial charge on any atom is 0.173 e. The summed E-state index contributed by atoms with van der Waals surface area (Å²) >= 11 is 0. The van der Waals surface area contributed by atoms with Crippen molar-refractivity contribution < 1.29 is 4.42 Å². The fourth-order valence-electron chi connectivity index (χ4n) is 0.637. The zero-order valence-electron chi connectivity index (χ0n) is 6.06. The Kier molecular flexibility index (Phi) is 1.35. The monoisotopic (exact) mass is 123 g/mol. The molecule has 0 bridgehead atoms. The fraction of sp³-hybridized carbons (Fsp3) is 0.500. The largest absolute Gasteiger partial charge is 0.461 e. The van der Waals surface area contributed by atoms with Gasteiger partial charge in [0.1, 0.15) is 0 Å². The lowest BCUT2D eigenvalue weighted by Crippen LogP contribution is -2.08. The Bertz CT molecular complexity index is 167. The molecule has 0 fully saturated rings. The van der Waals surface area contributed by atoms with Gasteiger partial charge in [-0.05, 0) is 11.5 Å².